The summed E-state index contributed by atoms with van der Waals surface area (Å²) in [5.41, 5.74) is 5.43. The molecule has 0 aromatic rings. The first-order valence-corrected chi connectivity index (χ1v) is 5.56. The van der Waals surface area contributed by atoms with Crippen LogP contribution in [0.2, 0.25) is 0 Å². The molecule has 0 radical (unpaired) electrons. The summed E-state index contributed by atoms with van der Waals surface area (Å²) in [4.78, 5) is 2.45. The van der Waals surface area contributed by atoms with E-state index < -0.39 is 0 Å². The van der Waals surface area contributed by atoms with E-state index in [9.17, 15) is 0 Å². The topological polar surface area (TPSA) is 50.5 Å². The Bertz CT molecular complexity index is 137. The summed E-state index contributed by atoms with van der Waals surface area (Å²) >= 11 is 0. The summed E-state index contributed by atoms with van der Waals surface area (Å²) in [5.74, 6) is 0. The van der Waals surface area contributed by atoms with Crippen molar-refractivity contribution in [3.05, 3.63) is 0 Å². The van der Waals surface area contributed by atoms with Gasteiger partial charge in [-0.2, -0.15) is 0 Å². The second-order valence-electron chi connectivity index (χ2n) is 3.91. The van der Waals surface area contributed by atoms with Gasteiger partial charge < -0.3 is 15.8 Å². The summed E-state index contributed by atoms with van der Waals surface area (Å²) in [5, 5.41) is 3.47. The third-order valence-corrected chi connectivity index (χ3v) is 2.51. The molecule has 1 fully saturated rings. The lowest BCUT2D eigenvalue weighted by molar-refractivity contribution is 0.0344. The summed E-state index contributed by atoms with van der Waals surface area (Å²) in [6, 6.07) is 0.555. The lowest BCUT2D eigenvalue weighted by Crippen LogP contribution is -2.44. The molecule has 0 aromatic carbocycles. The molecule has 0 bridgehead atoms. The highest BCUT2D eigenvalue weighted by molar-refractivity contribution is 4.69. The van der Waals surface area contributed by atoms with Crippen molar-refractivity contribution in [2.45, 2.75) is 19.4 Å². The van der Waals surface area contributed by atoms with E-state index in [0.29, 0.717) is 6.04 Å². The largest absolute Gasteiger partial charge is 0.379 e. The van der Waals surface area contributed by atoms with E-state index in [4.69, 9.17) is 10.5 Å². The van der Waals surface area contributed by atoms with E-state index in [0.717, 1.165) is 52.4 Å². The Labute approximate surface area is 86.8 Å². The van der Waals surface area contributed by atoms with Crippen molar-refractivity contribution in [2.24, 2.45) is 5.73 Å². The van der Waals surface area contributed by atoms with Crippen molar-refractivity contribution in [1.82, 2.24) is 10.2 Å². The number of nitrogens with one attached hydrogen (secondary N) is 1. The zero-order valence-electron chi connectivity index (χ0n) is 9.17. The first kappa shape index (κ1) is 11.9. The van der Waals surface area contributed by atoms with Gasteiger partial charge in [-0.15, -0.1) is 0 Å². The standard InChI is InChI=1S/C10H23N3O/c1-10(12-4-2-3-11)9-13-5-7-14-8-6-13/h10,12H,2-9,11H2,1H3. The monoisotopic (exact) mass is 201 g/mol. The minimum Gasteiger partial charge on any atom is -0.379 e. The number of ether oxygens (including phenoxy) is 1. The van der Waals surface area contributed by atoms with Crippen LogP contribution in [0.4, 0.5) is 0 Å². The highest BCUT2D eigenvalue weighted by Gasteiger charge is 2.12. The van der Waals surface area contributed by atoms with Crippen LogP contribution in [-0.2, 0) is 4.74 Å². The minimum atomic E-state index is 0.555. The van der Waals surface area contributed by atoms with Crippen LogP contribution in [0, 0.1) is 0 Å². The highest BCUT2D eigenvalue weighted by atomic mass is 16.5. The smallest absolute Gasteiger partial charge is 0.0594 e. The van der Waals surface area contributed by atoms with Gasteiger partial charge in [-0.25, -0.2) is 0 Å². The van der Waals surface area contributed by atoms with Crippen LogP contribution in [0.15, 0.2) is 0 Å². The van der Waals surface area contributed by atoms with E-state index in [1.165, 1.54) is 0 Å². The van der Waals surface area contributed by atoms with E-state index in [1.807, 2.05) is 0 Å². The van der Waals surface area contributed by atoms with Gasteiger partial charge in [-0.3, -0.25) is 4.90 Å². The van der Waals surface area contributed by atoms with E-state index in [2.05, 4.69) is 17.1 Å². The van der Waals surface area contributed by atoms with Crippen LogP contribution in [-0.4, -0.2) is 56.9 Å². The molecule has 4 heteroatoms. The molecular weight excluding hydrogens is 178 g/mol. The average molecular weight is 201 g/mol. The molecule has 0 aliphatic carbocycles. The van der Waals surface area contributed by atoms with Crippen LogP contribution in [0.1, 0.15) is 13.3 Å². The fourth-order valence-corrected chi connectivity index (χ4v) is 1.69. The van der Waals surface area contributed by atoms with Crippen molar-refractivity contribution in [2.75, 3.05) is 45.9 Å². The Morgan fingerprint density at radius 3 is 2.79 bits per heavy atom. The fourth-order valence-electron chi connectivity index (χ4n) is 1.69. The molecule has 0 aromatic heterocycles. The predicted octanol–water partition coefficient (Wildman–Crippen LogP) is -0.354. The highest BCUT2D eigenvalue weighted by Crippen LogP contribution is 1.98. The Balaban J connectivity index is 2.03. The lowest BCUT2D eigenvalue weighted by atomic mass is 10.2. The Hall–Kier alpha value is -0.160. The molecule has 1 atom stereocenters. The number of hydrogen-bond donors (Lipinski definition) is 2. The predicted molar refractivity (Wildman–Crippen MR) is 58.4 cm³/mol. The molecule has 14 heavy (non-hydrogen) atoms. The number of rotatable bonds is 6. The number of nitrogens with zero attached hydrogens (tertiary/aromatic N) is 1. The van der Waals surface area contributed by atoms with Gasteiger partial charge in [0.2, 0.25) is 0 Å². The molecule has 0 amide bonds. The average Bonchev–Trinajstić information content (AvgIpc) is 2.20. The SMILES string of the molecule is CC(CN1CCOCC1)NCCCN. The van der Waals surface area contributed by atoms with Crippen molar-refractivity contribution in [3.8, 4) is 0 Å². The quantitative estimate of drug-likeness (QED) is 0.577. The van der Waals surface area contributed by atoms with Crippen LogP contribution in [0.3, 0.4) is 0 Å². The number of morpholine rings is 1. The maximum absolute atomic E-state index is 5.43. The summed E-state index contributed by atoms with van der Waals surface area (Å²) < 4.78 is 5.30. The van der Waals surface area contributed by atoms with Gasteiger partial charge in [-0.1, -0.05) is 0 Å². The molecule has 84 valence electrons. The van der Waals surface area contributed by atoms with Gasteiger partial charge in [0.05, 0.1) is 13.2 Å². The molecule has 4 nitrogen and oxygen atoms in total. The van der Waals surface area contributed by atoms with Crippen LogP contribution in [0.25, 0.3) is 0 Å². The lowest BCUT2D eigenvalue weighted by Gasteiger charge is -2.29. The zero-order chi connectivity index (χ0) is 10.2. The minimum absolute atomic E-state index is 0.555. The summed E-state index contributed by atoms with van der Waals surface area (Å²) in [6.07, 6.45) is 1.06. The van der Waals surface area contributed by atoms with E-state index >= 15 is 0 Å². The van der Waals surface area contributed by atoms with Crippen LogP contribution in [0.5, 0.6) is 0 Å². The van der Waals surface area contributed by atoms with Gasteiger partial charge in [0, 0.05) is 25.7 Å². The molecule has 0 spiro atoms. The molecule has 1 aliphatic rings. The van der Waals surface area contributed by atoms with Crippen LogP contribution < -0.4 is 11.1 Å². The Morgan fingerprint density at radius 1 is 1.43 bits per heavy atom. The van der Waals surface area contributed by atoms with E-state index in [1.54, 1.807) is 0 Å². The summed E-state index contributed by atoms with van der Waals surface area (Å²) in [6.45, 7) is 9.07. The number of hydrogen-bond acceptors (Lipinski definition) is 4. The first-order chi connectivity index (χ1) is 6.83. The summed E-state index contributed by atoms with van der Waals surface area (Å²) in [7, 11) is 0. The van der Waals surface area contributed by atoms with Crippen molar-refractivity contribution >= 4 is 0 Å². The van der Waals surface area contributed by atoms with Crippen molar-refractivity contribution < 1.29 is 4.74 Å². The van der Waals surface area contributed by atoms with Gasteiger partial charge in [0.25, 0.3) is 0 Å². The Kier molecular flexibility index (Phi) is 6.10. The zero-order valence-corrected chi connectivity index (χ0v) is 9.17. The fraction of sp³-hybridized carbons (Fsp3) is 1.00. The van der Waals surface area contributed by atoms with E-state index in [-0.39, 0.29) is 0 Å². The second kappa shape index (κ2) is 7.17. The molecule has 1 rings (SSSR count). The Morgan fingerprint density at radius 2 is 2.14 bits per heavy atom. The maximum Gasteiger partial charge on any atom is 0.0594 e. The molecule has 1 unspecified atom stereocenters. The second-order valence-corrected chi connectivity index (χ2v) is 3.91. The molecule has 3 N–H and O–H groups in total. The third-order valence-electron chi connectivity index (χ3n) is 2.51. The molecule has 1 aliphatic heterocycles. The van der Waals surface area contributed by atoms with Gasteiger partial charge in [-0.05, 0) is 26.4 Å². The van der Waals surface area contributed by atoms with Gasteiger partial charge in [0.1, 0.15) is 0 Å². The van der Waals surface area contributed by atoms with Gasteiger partial charge in [0.15, 0.2) is 0 Å². The molecule has 0 saturated carbocycles. The van der Waals surface area contributed by atoms with Gasteiger partial charge >= 0.3 is 0 Å². The third kappa shape index (κ3) is 4.91. The molecular formula is C10H23N3O. The van der Waals surface area contributed by atoms with Crippen molar-refractivity contribution in [3.63, 3.8) is 0 Å². The normalized spacial score (nSPS) is 21.0. The molecule has 1 saturated heterocycles. The number of nitrogens with two attached hydrogens (primary N) is 1. The van der Waals surface area contributed by atoms with Crippen molar-refractivity contribution in [1.29, 1.82) is 0 Å². The molecule has 1 heterocycles. The maximum atomic E-state index is 5.43. The van der Waals surface area contributed by atoms with Crippen LogP contribution >= 0.6 is 0 Å². The first-order valence-electron chi connectivity index (χ1n) is 5.56.